The first-order valence-electron chi connectivity index (χ1n) is 5.25. The second kappa shape index (κ2) is 4.15. The van der Waals surface area contributed by atoms with Gasteiger partial charge in [0.15, 0.2) is 0 Å². The third-order valence-electron chi connectivity index (χ3n) is 2.83. The number of rotatable bonds is 2. The van der Waals surface area contributed by atoms with E-state index in [9.17, 15) is 0 Å². The largest absolute Gasteiger partial charge is 0.468 e. The van der Waals surface area contributed by atoms with E-state index in [1.54, 1.807) is 6.26 Å². The zero-order valence-electron chi connectivity index (χ0n) is 8.86. The van der Waals surface area contributed by atoms with Crippen LogP contribution in [0.25, 0.3) is 0 Å². The van der Waals surface area contributed by atoms with Crippen LogP contribution in [0, 0.1) is 0 Å². The second-order valence-corrected chi connectivity index (χ2v) is 4.17. The van der Waals surface area contributed by atoms with Gasteiger partial charge in [-0.1, -0.05) is 0 Å². The van der Waals surface area contributed by atoms with E-state index in [1.165, 1.54) is 0 Å². The summed E-state index contributed by atoms with van der Waals surface area (Å²) in [6.07, 6.45) is 1.74. The zero-order chi connectivity index (χ0) is 9.97. The van der Waals surface area contributed by atoms with Crippen molar-refractivity contribution in [2.75, 3.05) is 13.1 Å². The summed E-state index contributed by atoms with van der Waals surface area (Å²) in [6.45, 7) is 7.58. The molecule has 2 unspecified atom stereocenters. The molecule has 1 aliphatic rings. The summed E-state index contributed by atoms with van der Waals surface area (Å²) in [6, 6.07) is 5.17. The van der Waals surface area contributed by atoms with Crippen molar-refractivity contribution in [1.29, 1.82) is 0 Å². The molecule has 0 amide bonds. The summed E-state index contributed by atoms with van der Waals surface area (Å²) in [7, 11) is 0. The Kier molecular flexibility index (Phi) is 2.89. The number of hydrogen-bond donors (Lipinski definition) is 1. The Labute approximate surface area is 85.1 Å². The molecule has 0 radical (unpaired) electrons. The van der Waals surface area contributed by atoms with Crippen molar-refractivity contribution in [3.63, 3.8) is 0 Å². The van der Waals surface area contributed by atoms with E-state index in [1.807, 2.05) is 12.1 Å². The summed E-state index contributed by atoms with van der Waals surface area (Å²) in [5, 5.41) is 3.47. The van der Waals surface area contributed by atoms with Gasteiger partial charge in [-0.3, -0.25) is 4.90 Å². The lowest BCUT2D eigenvalue weighted by Crippen LogP contribution is -2.53. The van der Waals surface area contributed by atoms with E-state index < -0.39 is 0 Å². The third-order valence-corrected chi connectivity index (χ3v) is 2.83. The van der Waals surface area contributed by atoms with Crippen molar-refractivity contribution < 1.29 is 4.42 Å². The van der Waals surface area contributed by atoms with Gasteiger partial charge in [0, 0.05) is 25.2 Å². The van der Waals surface area contributed by atoms with Gasteiger partial charge >= 0.3 is 0 Å². The number of nitrogens with zero attached hydrogens (tertiary/aromatic N) is 1. The molecule has 3 heteroatoms. The molecule has 2 atom stereocenters. The van der Waals surface area contributed by atoms with Crippen LogP contribution in [0.15, 0.2) is 22.8 Å². The van der Waals surface area contributed by atoms with Crippen LogP contribution in [-0.2, 0) is 6.54 Å². The first-order chi connectivity index (χ1) is 6.75. The first kappa shape index (κ1) is 9.74. The molecule has 1 fully saturated rings. The van der Waals surface area contributed by atoms with Crippen LogP contribution < -0.4 is 5.32 Å². The van der Waals surface area contributed by atoms with Crippen molar-refractivity contribution in [2.24, 2.45) is 0 Å². The molecule has 78 valence electrons. The first-order valence-corrected chi connectivity index (χ1v) is 5.25. The molecule has 2 heterocycles. The van der Waals surface area contributed by atoms with Crippen LogP contribution in [0.2, 0.25) is 0 Å². The highest BCUT2D eigenvalue weighted by molar-refractivity contribution is 4.99. The van der Waals surface area contributed by atoms with E-state index >= 15 is 0 Å². The Morgan fingerprint density at radius 1 is 1.57 bits per heavy atom. The molecular formula is C11H18N2O. The number of nitrogens with one attached hydrogen (secondary N) is 1. The fourth-order valence-corrected chi connectivity index (χ4v) is 1.92. The minimum Gasteiger partial charge on any atom is -0.468 e. The molecule has 0 aromatic carbocycles. The molecule has 1 N–H and O–H groups in total. The highest BCUT2D eigenvalue weighted by Gasteiger charge is 2.22. The molecule has 0 aliphatic carbocycles. The monoisotopic (exact) mass is 194 g/mol. The summed E-state index contributed by atoms with van der Waals surface area (Å²) in [4.78, 5) is 2.46. The minimum absolute atomic E-state index is 0.584. The van der Waals surface area contributed by atoms with Crippen LogP contribution in [0.3, 0.4) is 0 Å². The predicted molar refractivity (Wildman–Crippen MR) is 56.0 cm³/mol. The van der Waals surface area contributed by atoms with Crippen molar-refractivity contribution in [1.82, 2.24) is 10.2 Å². The van der Waals surface area contributed by atoms with E-state index in [2.05, 4.69) is 24.1 Å². The van der Waals surface area contributed by atoms with E-state index in [0.717, 1.165) is 25.4 Å². The molecule has 3 nitrogen and oxygen atoms in total. The quantitative estimate of drug-likeness (QED) is 0.772. The number of piperazine rings is 1. The van der Waals surface area contributed by atoms with Gasteiger partial charge in [-0.05, 0) is 26.0 Å². The van der Waals surface area contributed by atoms with Crippen molar-refractivity contribution in [3.8, 4) is 0 Å². The van der Waals surface area contributed by atoms with Gasteiger partial charge < -0.3 is 9.73 Å². The highest BCUT2D eigenvalue weighted by Crippen LogP contribution is 2.12. The minimum atomic E-state index is 0.584. The molecule has 1 saturated heterocycles. The maximum atomic E-state index is 5.36. The normalized spacial score (nSPS) is 29.3. The maximum absolute atomic E-state index is 5.36. The fraction of sp³-hybridized carbons (Fsp3) is 0.636. The van der Waals surface area contributed by atoms with Crippen LogP contribution in [0.5, 0.6) is 0 Å². The lowest BCUT2D eigenvalue weighted by molar-refractivity contribution is 0.129. The standard InChI is InChI=1S/C11H18N2O/c1-9-7-13(10(2)6-12-9)8-11-4-3-5-14-11/h3-5,9-10,12H,6-8H2,1-2H3. The Hall–Kier alpha value is -0.800. The lowest BCUT2D eigenvalue weighted by atomic mass is 10.1. The van der Waals surface area contributed by atoms with E-state index in [-0.39, 0.29) is 0 Å². The number of hydrogen-bond acceptors (Lipinski definition) is 3. The van der Waals surface area contributed by atoms with E-state index in [4.69, 9.17) is 4.42 Å². The molecule has 0 saturated carbocycles. The SMILES string of the molecule is CC1CN(Cc2ccco2)C(C)CN1. The Balaban J connectivity index is 1.95. The molecule has 1 aromatic heterocycles. The van der Waals surface area contributed by atoms with Crippen LogP contribution in [-0.4, -0.2) is 30.1 Å². The van der Waals surface area contributed by atoms with Crippen molar-refractivity contribution in [2.45, 2.75) is 32.5 Å². The van der Waals surface area contributed by atoms with Crippen LogP contribution in [0.4, 0.5) is 0 Å². The Morgan fingerprint density at radius 2 is 2.43 bits per heavy atom. The zero-order valence-corrected chi connectivity index (χ0v) is 8.86. The summed E-state index contributed by atoms with van der Waals surface area (Å²) in [5.74, 6) is 1.06. The Morgan fingerprint density at radius 3 is 3.14 bits per heavy atom. The molecule has 2 rings (SSSR count). The van der Waals surface area contributed by atoms with Gasteiger partial charge in [0.05, 0.1) is 12.8 Å². The van der Waals surface area contributed by atoms with Gasteiger partial charge in [-0.15, -0.1) is 0 Å². The van der Waals surface area contributed by atoms with Crippen molar-refractivity contribution in [3.05, 3.63) is 24.2 Å². The summed E-state index contributed by atoms with van der Waals surface area (Å²) >= 11 is 0. The van der Waals surface area contributed by atoms with E-state index in [0.29, 0.717) is 12.1 Å². The maximum Gasteiger partial charge on any atom is 0.117 e. The molecule has 1 aliphatic heterocycles. The summed E-state index contributed by atoms with van der Waals surface area (Å²) in [5.41, 5.74) is 0. The predicted octanol–water partition coefficient (Wildman–Crippen LogP) is 1.46. The van der Waals surface area contributed by atoms with Gasteiger partial charge in [0.1, 0.15) is 5.76 Å². The summed E-state index contributed by atoms with van der Waals surface area (Å²) < 4.78 is 5.36. The molecule has 0 bridgehead atoms. The average molecular weight is 194 g/mol. The van der Waals surface area contributed by atoms with Gasteiger partial charge in [0.2, 0.25) is 0 Å². The Bertz CT molecular complexity index is 271. The molecule has 14 heavy (non-hydrogen) atoms. The molecular weight excluding hydrogens is 176 g/mol. The number of furan rings is 1. The van der Waals surface area contributed by atoms with Crippen LogP contribution >= 0.6 is 0 Å². The topological polar surface area (TPSA) is 28.4 Å². The fourth-order valence-electron chi connectivity index (χ4n) is 1.92. The van der Waals surface area contributed by atoms with Gasteiger partial charge in [-0.2, -0.15) is 0 Å². The third kappa shape index (κ3) is 2.16. The highest BCUT2D eigenvalue weighted by atomic mass is 16.3. The smallest absolute Gasteiger partial charge is 0.117 e. The van der Waals surface area contributed by atoms with Gasteiger partial charge in [-0.25, -0.2) is 0 Å². The molecule has 1 aromatic rings. The van der Waals surface area contributed by atoms with Gasteiger partial charge in [0.25, 0.3) is 0 Å². The average Bonchev–Trinajstić information content (AvgIpc) is 2.64. The second-order valence-electron chi connectivity index (χ2n) is 4.17. The van der Waals surface area contributed by atoms with Crippen molar-refractivity contribution >= 4 is 0 Å². The molecule has 0 spiro atoms. The van der Waals surface area contributed by atoms with Crippen LogP contribution in [0.1, 0.15) is 19.6 Å². The lowest BCUT2D eigenvalue weighted by Gasteiger charge is -2.36.